The third kappa shape index (κ3) is 4.45. The zero-order valence-corrected chi connectivity index (χ0v) is 14.0. The molecule has 1 heterocycles. The maximum absolute atomic E-state index is 12.1. The number of benzene rings is 1. The van der Waals surface area contributed by atoms with Crippen LogP contribution >= 0.6 is 11.3 Å². The molecule has 0 bridgehead atoms. The minimum atomic E-state index is -0.311. The molecule has 1 fully saturated rings. The molecule has 5 nitrogen and oxygen atoms in total. The third-order valence-electron chi connectivity index (χ3n) is 3.99. The minimum absolute atomic E-state index is 0.311. The largest absolute Gasteiger partial charge is 0.491 e. The fourth-order valence-electron chi connectivity index (χ4n) is 2.77. The van der Waals surface area contributed by atoms with E-state index in [0.29, 0.717) is 23.3 Å². The normalized spacial score (nSPS) is 14.7. The molecule has 0 aliphatic heterocycles. The van der Waals surface area contributed by atoms with Gasteiger partial charge in [0.1, 0.15) is 5.75 Å². The summed E-state index contributed by atoms with van der Waals surface area (Å²) in [4.78, 5) is 16.1. The Morgan fingerprint density at radius 2 is 2.17 bits per heavy atom. The van der Waals surface area contributed by atoms with E-state index in [1.165, 1.54) is 37.0 Å². The number of aromatic nitrogens is 1. The molecule has 0 atom stereocenters. The van der Waals surface area contributed by atoms with Crippen molar-refractivity contribution in [2.24, 2.45) is 5.92 Å². The average molecular weight is 331 g/mol. The summed E-state index contributed by atoms with van der Waals surface area (Å²) < 4.78 is 5.98. The van der Waals surface area contributed by atoms with E-state index < -0.39 is 0 Å². The Hall–Kier alpha value is -2.08. The molecule has 1 aliphatic rings. The molecule has 0 radical (unpaired) electrons. The molecular formula is C17H21N3O2S. The monoisotopic (exact) mass is 331 g/mol. The van der Waals surface area contributed by atoms with E-state index in [-0.39, 0.29) is 6.03 Å². The number of thiazole rings is 1. The van der Waals surface area contributed by atoms with Gasteiger partial charge in [0.15, 0.2) is 5.13 Å². The van der Waals surface area contributed by atoms with Crippen molar-refractivity contribution in [2.75, 3.05) is 17.2 Å². The van der Waals surface area contributed by atoms with E-state index in [0.717, 1.165) is 11.3 Å². The van der Waals surface area contributed by atoms with Gasteiger partial charge in [-0.3, -0.25) is 5.32 Å². The van der Waals surface area contributed by atoms with Crippen molar-refractivity contribution in [2.45, 2.75) is 32.6 Å². The summed E-state index contributed by atoms with van der Waals surface area (Å²) in [5.74, 6) is 1.36. The first-order chi connectivity index (χ1) is 11.2. The first-order valence-electron chi connectivity index (χ1n) is 7.91. The van der Waals surface area contributed by atoms with Gasteiger partial charge in [-0.25, -0.2) is 9.78 Å². The summed E-state index contributed by atoms with van der Waals surface area (Å²) in [6.07, 6.45) is 6.72. The Balaban J connectivity index is 1.64. The van der Waals surface area contributed by atoms with Crippen LogP contribution in [0.25, 0.3) is 0 Å². The molecule has 122 valence electrons. The number of rotatable bonds is 5. The van der Waals surface area contributed by atoms with Crippen LogP contribution in [0.3, 0.4) is 0 Å². The lowest BCUT2D eigenvalue weighted by molar-refractivity contribution is 0.252. The van der Waals surface area contributed by atoms with Gasteiger partial charge in [-0.1, -0.05) is 18.9 Å². The molecule has 2 N–H and O–H groups in total. The van der Waals surface area contributed by atoms with E-state index in [9.17, 15) is 4.79 Å². The summed E-state index contributed by atoms with van der Waals surface area (Å²) in [7, 11) is 0. The highest BCUT2D eigenvalue weighted by atomic mass is 32.1. The minimum Gasteiger partial charge on any atom is -0.491 e. The Labute approximate surface area is 140 Å². The van der Waals surface area contributed by atoms with Gasteiger partial charge in [0.2, 0.25) is 0 Å². The maximum Gasteiger partial charge on any atom is 0.325 e. The summed E-state index contributed by atoms with van der Waals surface area (Å²) in [6, 6.07) is 5.49. The lowest BCUT2D eigenvalue weighted by Gasteiger charge is -2.16. The lowest BCUT2D eigenvalue weighted by Crippen LogP contribution is -2.20. The van der Waals surface area contributed by atoms with Crippen molar-refractivity contribution in [3.05, 3.63) is 35.3 Å². The van der Waals surface area contributed by atoms with Crippen molar-refractivity contribution in [3.8, 4) is 5.75 Å². The molecule has 23 heavy (non-hydrogen) atoms. The lowest BCUT2D eigenvalue weighted by atomic mass is 10.1. The second-order valence-corrected chi connectivity index (χ2v) is 6.77. The number of urea groups is 1. The molecular weight excluding hydrogens is 310 g/mol. The number of amides is 2. The van der Waals surface area contributed by atoms with Crippen molar-refractivity contribution >= 4 is 28.2 Å². The predicted octanol–water partition coefficient (Wildman–Crippen LogP) is 4.66. The zero-order chi connectivity index (χ0) is 16.1. The van der Waals surface area contributed by atoms with E-state index >= 15 is 0 Å². The fraction of sp³-hybridized carbons (Fsp3) is 0.412. The SMILES string of the molecule is Cc1ccc(NC(=O)Nc2nccs2)c(OCC2CCCC2)c1. The summed E-state index contributed by atoms with van der Waals surface area (Å²) in [5.41, 5.74) is 1.79. The van der Waals surface area contributed by atoms with Crippen LogP contribution in [-0.4, -0.2) is 17.6 Å². The standard InChI is InChI=1S/C17H21N3O2S/c1-12-6-7-14(19-16(21)20-17-18-8-9-23-17)15(10-12)22-11-13-4-2-3-5-13/h6-10,13H,2-5,11H2,1H3,(H2,18,19,20,21). The zero-order valence-electron chi connectivity index (χ0n) is 13.2. The maximum atomic E-state index is 12.1. The van der Waals surface area contributed by atoms with Gasteiger partial charge in [0.05, 0.1) is 12.3 Å². The Bertz CT molecular complexity index is 652. The molecule has 6 heteroatoms. The molecule has 0 unspecified atom stereocenters. The van der Waals surface area contributed by atoms with Gasteiger partial charge < -0.3 is 10.1 Å². The third-order valence-corrected chi connectivity index (χ3v) is 4.68. The molecule has 3 rings (SSSR count). The van der Waals surface area contributed by atoms with Crippen LogP contribution in [0.15, 0.2) is 29.8 Å². The number of hydrogen-bond donors (Lipinski definition) is 2. The molecule has 1 aromatic heterocycles. The van der Waals surface area contributed by atoms with Crippen LogP contribution in [0, 0.1) is 12.8 Å². The van der Waals surface area contributed by atoms with E-state index in [1.54, 1.807) is 6.20 Å². The second kappa shape index (κ2) is 7.46. The van der Waals surface area contributed by atoms with Crippen LogP contribution in [0.5, 0.6) is 5.75 Å². The molecule has 2 aromatic rings. The molecule has 1 aliphatic carbocycles. The highest BCUT2D eigenvalue weighted by molar-refractivity contribution is 7.13. The predicted molar refractivity (Wildman–Crippen MR) is 93.4 cm³/mol. The van der Waals surface area contributed by atoms with Crippen LogP contribution in [0.2, 0.25) is 0 Å². The molecule has 1 aromatic carbocycles. The summed E-state index contributed by atoms with van der Waals surface area (Å²) in [5, 5.41) is 7.94. The fourth-order valence-corrected chi connectivity index (χ4v) is 3.30. The van der Waals surface area contributed by atoms with Crippen LogP contribution in [0.4, 0.5) is 15.6 Å². The number of carbonyl (C=O) groups is 1. The smallest absolute Gasteiger partial charge is 0.325 e. The topological polar surface area (TPSA) is 63.2 Å². The first kappa shape index (κ1) is 15.8. The van der Waals surface area contributed by atoms with Gasteiger partial charge in [0.25, 0.3) is 0 Å². The number of anilines is 2. The molecule has 0 saturated heterocycles. The average Bonchev–Trinajstić information content (AvgIpc) is 3.21. The summed E-state index contributed by atoms with van der Waals surface area (Å²) in [6.45, 7) is 2.73. The summed E-state index contributed by atoms with van der Waals surface area (Å²) >= 11 is 1.38. The van der Waals surface area contributed by atoms with E-state index in [2.05, 4.69) is 15.6 Å². The second-order valence-electron chi connectivity index (χ2n) is 5.88. The Morgan fingerprint density at radius 3 is 2.91 bits per heavy atom. The highest BCUT2D eigenvalue weighted by Gasteiger charge is 2.17. The molecule has 0 spiro atoms. The number of hydrogen-bond acceptors (Lipinski definition) is 4. The van der Waals surface area contributed by atoms with Gasteiger partial charge in [0, 0.05) is 11.6 Å². The molecule has 1 saturated carbocycles. The van der Waals surface area contributed by atoms with Crippen molar-refractivity contribution in [1.82, 2.24) is 4.98 Å². The quantitative estimate of drug-likeness (QED) is 0.837. The number of nitrogens with one attached hydrogen (secondary N) is 2. The van der Waals surface area contributed by atoms with Crippen LogP contribution in [-0.2, 0) is 0 Å². The Kier molecular flexibility index (Phi) is 5.12. The number of carbonyl (C=O) groups excluding carboxylic acids is 1. The Morgan fingerprint density at radius 1 is 1.35 bits per heavy atom. The van der Waals surface area contributed by atoms with Crippen molar-refractivity contribution < 1.29 is 9.53 Å². The number of ether oxygens (including phenoxy) is 1. The van der Waals surface area contributed by atoms with Gasteiger partial charge in [-0.2, -0.15) is 0 Å². The van der Waals surface area contributed by atoms with Crippen molar-refractivity contribution in [1.29, 1.82) is 0 Å². The van der Waals surface area contributed by atoms with Crippen LogP contribution < -0.4 is 15.4 Å². The highest BCUT2D eigenvalue weighted by Crippen LogP contribution is 2.30. The van der Waals surface area contributed by atoms with E-state index in [1.807, 2.05) is 30.5 Å². The van der Waals surface area contributed by atoms with Gasteiger partial charge in [-0.05, 0) is 43.4 Å². The first-order valence-corrected chi connectivity index (χ1v) is 8.79. The molecule has 2 amide bonds. The number of aryl methyl sites for hydroxylation is 1. The van der Waals surface area contributed by atoms with Crippen molar-refractivity contribution in [3.63, 3.8) is 0 Å². The van der Waals surface area contributed by atoms with Gasteiger partial charge in [-0.15, -0.1) is 11.3 Å². The van der Waals surface area contributed by atoms with E-state index in [4.69, 9.17) is 4.74 Å². The number of nitrogens with zero attached hydrogens (tertiary/aromatic N) is 1. The van der Waals surface area contributed by atoms with Crippen LogP contribution in [0.1, 0.15) is 31.2 Å². The van der Waals surface area contributed by atoms with Gasteiger partial charge >= 0.3 is 6.03 Å².